The molecular weight excluding hydrogens is 230 g/mol. The van der Waals surface area contributed by atoms with E-state index >= 15 is 0 Å². The maximum Gasteiger partial charge on any atom is 0.190 e. The van der Waals surface area contributed by atoms with E-state index in [1.165, 1.54) is 11.3 Å². The molecular formula is C7H4ClNO2S2. The fraction of sp³-hybridized carbons (Fsp3) is 0. The SMILES string of the molecule is O=S(O)c1c(Cl)ccc2scnc12. The predicted molar refractivity (Wildman–Crippen MR) is 53.7 cm³/mol. The second-order valence-electron chi connectivity index (χ2n) is 2.32. The van der Waals surface area contributed by atoms with Crippen molar-refractivity contribution in [3.05, 3.63) is 22.7 Å². The van der Waals surface area contributed by atoms with Crippen LogP contribution < -0.4 is 0 Å². The summed E-state index contributed by atoms with van der Waals surface area (Å²) in [5.74, 6) is 0. The zero-order chi connectivity index (χ0) is 9.42. The van der Waals surface area contributed by atoms with Gasteiger partial charge in [0.05, 0.1) is 15.2 Å². The first-order valence-electron chi connectivity index (χ1n) is 3.32. The fourth-order valence-electron chi connectivity index (χ4n) is 1.05. The Hall–Kier alpha value is -0.490. The van der Waals surface area contributed by atoms with Gasteiger partial charge in [0.2, 0.25) is 0 Å². The van der Waals surface area contributed by atoms with E-state index in [0.717, 1.165) is 4.70 Å². The van der Waals surface area contributed by atoms with Gasteiger partial charge in [-0.2, -0.15) is 0 Å². The van der Waals surface area contributed by atoms with Crippen molar-refractivity contribution in [2.45, 2.75) is 4.90 Å². The molecule has 1 aromatic heterocycles. The number of nitrogens with zero attached hydrogens (tertiary/aromatic N) is 1. The number of rotatable bonds is 1. The number of benzene rings is 1. The molecule has 0 aliphatic rings. The molecule has 0 aliphatic heterocycles. The molecule has 2 rings (SSSR count). The van der Waals surface area contributed by atoms with Crippen molar-refractivity contribution >= 4 is 44.2 Å². The van der Waals surface area contributed by atoms with Gasteiger partial charge in [-0.15, -0.1) is 11.3 Å². The summed E-state index contributed by atoms with van der Waals surface area (Å²) in [6.07, 6.45) is 0. The quantitative estimate of drug-likeness (QED) is 0.770. The van der Waals surface area contributed by atoms with Gasteiger partial charge < -0.3 is 4.55 Å². The Morgan fingerprint density at radius 3 is 3.00 bits per heavy atom. The molecule has 1 aromatic carbocycles. The van der Waals surface area contributed by atoms with E-state index in [2.05, 4.69) is 4.98 Å². The molecule has 0 radical (unpaired) electrons. The molecule has 0 spiro atoms. The highest BCUT2D eigenvalue weighted by atomic mass is 35.5. The summed E-state index contributed by atoms with van der Waals surface area (Å²) in [6.45, 7) is 0. The molecule has 0 bridgehead atoms. The second-order valence-corrected chi connectivity index (χ2v) is 4.52. The smallest absolute Gasteiger partial charge is 0.190 e. The van der Waals surface area contributed by atoms with E-state index in [-0.39, 0.29) is 9.92 Å². The van der Waals surface area contributed by atoms with E-state index in [1.807, 2.05) is 0 Å². The Labute approximate surface area is 85.7 Å². The molecule has 13 heavy (non-hydrogen) atoms. The van der Waals surface area contributed by atoms with Gasteiger partial charge in [0, 0.05) is 0 Å². The highest BCUT2D eigenvalue weighted by Crippen LogP contribution is 2.29. The lowest BCUT2D eigenvalue weighted by Crippen LogP contribution is -1.91. The first kappa shape index (κ1) is 9.08. The van der Waals surface area contributed by atoms with Crippen molar-refractivity contribution in [3.63, 3.8) is 0 Å². The molecule has 0 fully saturated rings. The standard InChI is InChI=1S/C7H4ClNO2S2/c8-4-1-2-5-6(9-3-12-5)7(4)13(10)11/h1-3H,(H,10,11). The molecule has 68 valence electrons. The summed E-state index contributed by atoms with van der Waals surface area (Å²) < 4.78 is 20.8. The number of hydrogen-bond donors (Lipinski definition) is 1. The van der Waals surface area contributed by atoms with Crippen LogP contribution in [0, 0.1) is 0 Å². The largest absolute Gasteiger partial charge is 0.302 e. The van der Waals surface area contributed by atoms with E-state index in [1.54, 1.807) is 17.6 Å². The monoisotopic (exact) mass is 233 g/mol. The molecule has 0 saturated heterocycles. The summed E-state index contributed by atoms with van der Waals surface area (Å²) in [5.41, 5.74) is 2.13. The molecule has 0 saturated carbocycles. The number of halogens is 1. The molecule has 1 unspecified atom stereocenters. The molecule has 3 nitrogen and oxygen atoms in total. The van der Waals surface area contributed by atoms with Crippen LogP contribution in [0.15, 0.2) is 22.5 Å². The zero-order valence-electron chi connectivity index (χ0n) is 6.23. The van der Waals surface area contributed by atoms with Gasteiger partial charge in [-0.25, -0.2) is 9.19 Å². The summed E-state index contributed by atoms with van der Waals surface area (Å²) in [5, 5.41) is 0.277. The van der Waals surface area contributed by atoms with Gasteiger partial charge >= 0.3 is 0 Å². The summed E-state index contributed by atoms with van der Waals surface area (Å²) in [4.78, 5) is 4.18. The van der Waals surface area contributed by atoms with Crippen molar-refractivity contribution in [3.8, 4) is 0 Å². The number of fused-ring (bicyclic) bond motifs is 1. The topological polar surface area (TPSA) is 50.2 Å². The third-order valence-corrected chi connectivity index (χ3v) is 3.57. The van der Waals surface area contributed by atoms with Crippen molar-refractivity contribution in [2.24, 2.45) is 0 Å². The normalized spacial score (nSPS) is 13.4. The minimum absolute atomic E-state index is 0.195. The van der Waals surface area contributed by atoms with E-state index in [0.29, 0.717) is 5.52 Å². The third-order valence-electron chi connectivity index (χ3n) is 1.58. The highest BCUT2D eigenvalue weighted by molar-refractivity contribution is 7.79. The lowest BCUT2D eigenvalue weighted by molar-refractivity contribution is 0.565. The Balaban J connectivity index is 2.88. The van der Waals surface area contributed by atoms with Crippen LogP contribution >= 0.6 is 22.9 Å². The van der Waals surface area contributed by atoms with Crippen LogP contribution in [0.4, 0.5) is 0 Å². The fourth-order valence-corrected chi connectivity index (χ4v) is 2.71. The average Bonchev–Trinajstić information content (AvgIpc) is 2.50. The van der Waals surface area contributed by atoms with Crippen molar-refractivity contribution in [1.82, 2.24) is 4.98 Å². The summed E-state index contributed by atoms with van der Waals surface area (Å²) in [6, 6.07) is 3.39. The van der Waals surface area contributed by atoms with Crippen LogP contribution in [0.2, 0.25) is 5.02 Å². The van der Waals surface area contributed by atoms with Crippen LogP contribution in [0.5, 0.6) is 0 Å². The average molecular weight is 234 g/mol. The summed E-state index contributed by atoms with van der Waals surface area (Å²) in [7, 11) is 0. The Morgan fingerprint density at radius 1 is 1.54 bits per heavy atom. The minimum Gasteiger partial charge on any atom is -0.302 e. The molecule has 6 heteroatoms. The molecule has 1 atom stereocenters. The van der Waals surface area contributed by atoms with Gasteiger partial charge in [-0.05, 0) is 12.1 Å². The first-order chi connectivity index (χ1) is 6.20. The van der Waals surface area contributed by atoms with Crippen molar-refractivity contribution < 1.29 is 8.76 Å². The lowest BCUT2D eigenvalue weighted by atomic mass is 10.3. The van der Waals surface area contributed by atoms with Gasteiger partial charge in [0.15, 0.2) is 11.1 Å². The summed E-state index contributed by atoms with van der Waals surface area (Å²) >= 11 is 5.10. The Morgan fingerprint density at radius 2 is 2.31 bits per heavy atom. The Kier molecular flexibility index (Phi) is 2.33. The minimum atomic E-state index is -2.08. The van der Waals surface area contributed by atoms with Gasteiger partial charge in [0.25, 0.3) is 0 Å². The van der Waals surface area contributed by atoms with E-state index in [9.17, 15) is 4.21 Å². The van der Waals surface area contributed by atoms with Crippen LogP contribution in [0.1, 0.15) is 0 Å². The van der Waals surface area contributed by atoms with E-state index < -0.39 is 11.1 Å². The molecule has 0 amide bonds. The predicted octanol–water partition coefficient (Wildman–Crippen LogP) is 2.53. The second kappa shape index (κ2) is 3.34. The Bertz CT molecular complexity index is 482. The van der Waals surface area contributed by atoms with Crippen molar-refractivity contribution in [1.29, 1.82) is 0 Å². The maximum absolute atomic E-state index is 10.9. The first-order valence-corrected chi connectivity index (χ1v) is 5.69. The maximum atomic E-state index is 10.9. The van der Waals surface area contributed by atoms with Crippen LogP contribution in [-0.2, 0) is 11.1 Å². The van der Waals surface area contributed by atoms with Gasteiger partial charge in [-0.3, -0.25) is 0 Å². The lowest BCUT2D eigenvalue weighted by Gasteiger charge is -1.98. The third kappa shape index (κ3) is 1.48. The molecule has 1 N–H and O–H groups in total. The van der Waals surface area contributed by atoms with Crippen molar-refractivity contribution in [2.75, 3.05) is 0 Å². The number of thiazole rings is 1. The van der Waals surface area contributed by atoms with Crippen LogP contribution in [0.25, 0.3) is 10.2 Å². The molecule has 1 heterocycles. The highest BCUT2D eigenvalue weighted by Gasteiger charge is 2.13. The number of aromatic nitrogens is 1. The number of hydrogen-bond acceptors (Lipinski definition) is 3. The molecule has 2 aromatic rings. The van der Waals surface area contributed by atoms with E-state index in [4.69, 9.17) is 16.2 Å². The zero-order valence-corrected chi connectivity index (χ0v) is 8.62. The van der Waals surface area contributed by atoms with Crippen LogP contribution in [-0.4, -0.2) is 13.7 Å². The van der Waals surface area contributed by atoms with Gasteiger partial charge in [0.1, 0.15) is 10.4 Å². The van der Waals surface area contributed by atoms with Gasteiger partial charge in [-0.1, -0.05) is 11.6 Å². The van der Waals surface area contributed by atoms with Crippen LogP contribution in [0.3, 0.4) is 0 Å². The molecule has 0 aliphatic carbocycles.